The Labute approximate surface area is 144 Å². The van der Waals surface area contributed by atoms with E-state index in [-0.39, 0.29) is 28.7 Å². The Bertz CT molecular complexity index is 672. The first-order valence-electron chi connectivity index (χ1n) is 7.99. The van der Waals surface area contributed by atoms with Crippen LogP contribution in [-0.2, 0) is 20.8 Å². The van der Waals surface area contributed by atoms with Gasteiger partial charge in [-0.05, 0) is 24.1 Å². The van der Waals surface area contributed by atoms with Gasteiger partial charge in [0, 0.05) is 44.8 Å². The lowest BCUT2D eigenvalue weighted by Crippen LogP contribution is -2.54. The number of carbonyl (C=O) groups is 3. The van der Waals surface area contributed by atoms with Gasteiger partial charge < -0.3 is 4.90 Å². The second-order valence-corrected chi connectivity index (χ2v) is 6.72. The van der Waals surface area contributed by atoms with Gasteiger partial charge in [0.25, 0.3) is 0 Å². The smallest absolute Gasteiger partial charge is 0.229 e. The molecule has 3 amide bonds. The first-order valence-corrected chi connectivity index (χ1v) is 8.36. The highest BCUT2D eigenvalue weighted by atomic mass is 35.5. The number of amides is 3. The average molecular weight is 353 g/mol. The Morgan fingerprint density at radius 1 is 1.21 bits per heavy atom. The molecule has 2 aliphatic heterocycles. The van der Waals surface area contributed by atoms with E-state index in [1.165, 1.54) is 17.0 Å². The molecule has 0 N–H and O–H groups in total. The van der Waals surface area contributed by atoms with E-state index in [0.29, 0.717) is 45.3 Å². The maximum Gasteiger partial charge on any atom is 0.229 e. The van der Waals surface area contributed by atoms with Crippen molar-refractivity contribution in [1.29, 1.82) is 0 Å². The van der Waals surface area contributed by atoms with Gasteiger partial charge in [0.2, 0.25) is 17.7 Å². The fraction of sp³-hybridized carbons (Fsp3) is 0.471. The standard InChI is InChI=1S/C17H18ClFN2O3/c18-13-7-11(1-3-14(13)19)2-4-15(22)20-8-12(9-20)10-21-16(23)5-6-17(21)24/h1,3,7,12H,2,4-6,8-10H2. The highest BCUT2D eigenvalue weighted by Crippen LogP contribution is 2.22. The Hall–Kier alpha value is -1.95. The SMILES string of the molecule is O=C(CCc1ccc(F)c(Cl)c1)N1CC(CN2C(=O)CCC2=O)C1. The van der Waals surface area contributed by atoms with E-state index in [1.54, 1.807) is 11.0 Å². The van der Waals surface area contributed by atoms with Crippen molar-refractivity contribution < 1.29 is 18.8 Å². The van der Waals surface area contributed by atoms with E-state index in [2.05, 4.69) is 0 Å². The summed E-state index contributed by atoms with van der Waals surface area (Å²) in [4.78, 5) is 38.3. The summed E-state index contributed by atoms with van der Waals surface area (Å²) in [6.45, 7) is 1.55. The van der Waals surface area contributed by atoms with Crippen LogP contribution in [0.5, 0.6) is 0 Å². The zero-order valence-corrected chi connectivity index (χ0v) is 13.9. The number of likely N-dealkylation sites (tertiary alicyclic amines) is 2. The molecule has 0 bridgehead atoms. The highest BCUT2D eigenvalue weighted by Gasteiger charge is 2.36. The van der Waals surface area contributed by atoms with Crippen molar-refractivity contribution in [3.8, 4) is 0 Å². The Kier molecular flexibility index (Phi) is 4.85. The molecule has 2 fully saturated rings. The summed E-state index contributed by atoms with van der Waals surface area (Å²) in [6, 6.07) is 4.46. The molecule has 1 aromatic carbocycles. The van der Waals surface area contributed by atoms with Crippen molar-refractivity contribution in [1.82, 2.24) is 9.80 Å². The van der Waals surface area contributed by atoms with Crippen LogP contribution in [0.4, 0.5) is 4.39 Å². The zero-order valence-electron chi connectivity index (χ0n) is 13.1. The molecule has 24 heavy (non-hydrogen) atoms. The van der Waals surface area contributed by atoms with Crippen molar-refractivity contribution >= 4 is 29.3 Å². The number of rotatable bonds is 5. The quantitative estimate of drug-likeness (QED) is 0.762. The predicted octanol–water partition coefficient (Wildman–Crippen LogP) is 2.02. The molecule has 0 aromatic heterocycles. The number of halogens is 2. The van der Waals surface area contributed by atoms with E-state index in [1.807, 2.05) is 0 Å². The van der Waals surface area contributed by atoms with Gasteiger partial charge in [-0.3, -0.25) is 19.3 Å². The Morgan fingerprint density at radius 2 is 1.88 bits per heavy atom. The molecule has 0 atom stereocenters. The molecule has 0 radical (unpaired) electrons. The molecule has 128 valence electrons. The maximum absolute atomic E-state index is 13.1. The second-order valence-electron chi connectivity index (χ2n) is 6.31. The van der Waals surface area contributed by atoms with Gasteiger partial charge in [-0.2, -0.15) is 0 Å². The van der Waals surface area contributed by atoms with E-state index >= 15 is 0 Å². The minimum absolute atomic E-state index is 0.0192. The molecule has 0 saturated carbocycles. The highest BCUT2D eigenvalue weighted by molar-refractivity contribution is 6.30. The molecule has 0 unspecified atom stereocenters. The molecule has 7 heteroatoms. The lowest BCUT2D eigenvalue weighted by atomic mass is 9.98. The van der Waals surface area contributed by atoms with Crippen molar-refractivity contribution in [2.75, 3.05) is 19.6 Å². The second kappa shape index (κ2) is 6.89. The number of aryl methyl sites for hydroxylation is 1. The van der Waals surface area contributed by atoms with E-state index in [4.69, 9.17) is 11.6 Å². The molecule has 5 nitrogen and oxygen atoms in total. The first kappa shape index (κ1) is 16.9. The summed E-state index contributed by atoms with van der Waals surface area (Å²) in [7, 11) is 0. The van der Waals surface area contributed by atoms with Gasteiger partial charge in [-0.25, -0.2) is 4.39 Å². The molecule has 2 saturated heterocycles. The van der Waals surface area contributed by atoms with Gasteiger partial charge in [-0.15, -0.1) is 0 Å². The number of hydrogen-bond acceptors (Lipinski definition) is 3. The number of nitrogens with zero attached hydrogens (tertiary/aromatic N) is 2. The monoisotopic (exact) mass is 352 g/mol. The summed E-state index contributed by atoms with van der Waals surface area (Å²) in [5.74, 6) is -0.509. The van der Waals surface area contributed by atoms with Gasteiger partial charge >= 0.3 is 0 Å². The molecule has 1 aromatic rings. The predicted molar refractivity (Wildman–Crippen MR) is 85.8 cm³/mol. The molecular formula is C17H18ClFN2O3. The number of imide groups is 1. The van der Waals surface area contributed by atoms with Crippen LogP contribution in [-0.4, -0.2) is 47.2 Å². The summed E-state index contributed by atoms with van der Waals surface area (Å²) >= 11 is 5.72. The third-order valence-corrected chi connectivity index (χ3v) is 4.81. The molecule has 2 aliphatic rings. The fourth-order valence-electron chi connectivity index (χ4n) is 3.08. The first-order chi connectivity index (χ1) is 11.4. The van der Waals surface area contributed by atoms with Crippen LogP contribution < -0.4 is 0 Å². The Balaban J connectivity index is 1.42. The maximum atomic E-state index is 13.1. The van der Waals surface area contributed by atoms with Gasteiger partial charge in [-0.1, -0.05) is 17.7 Å². The van der Waals surface area contributed by atoms with Crippen LogP contribution >= 0.6 is 11.6 Å². The number of hydrogen-bond donors (Lipinski definition) is 0. The van der Waals surface area contributed by atoms with Crippen molar-refractivity contribution in [2.45, 2.75) is 25.7 Å². The van der Waals surface area contributed by atoms with Crippen molar-refractivity contribution in [2.24, 2.45) is 5.92 Å². The summed E-state index contributed by atoms with van der Waals surface area (Å²) in [6.07, 6.45) is 1.43. The lowest BCUT2D eigenvalue weighted by Gasteiger charge is -2.40. The van der Waals surface area contributed by atoms with Gasteiger partial charge in [0.1, 0.15) is 5.82 Å². The van der Waals surface area contributed by atoms with Crippen LogP contribution in [0.25, 0.3) is 0 Å². The van der Waals surface area contributed by atoms with Crippen LogP contribution in [0.1, 0.15) is 24.8 Å². The van der Waals surface area contributed by atoms with Crippen LogP contribution in [0, 0.1) is 11.7 Å². The minimum Gasteiger partial charge on any atom is -0.342 e. The lowest BCUT2D eigenvalue weighted by molar-refractivity contribution is -0.142. The summed E-state index contributed by atoms with van der Waals surface area (Å²) < 4.78 is 13.1. The summed E-state index contributed by atoms with van der Waals surface area (Å²) in [5.41, 5.74) is 0.820. The third-order valence-electron chi connectivity index (χ3n) is 4.52. The zero-order chi connectivity index (χ0) is 17.3. The molecule has 3 rings (SSSR count). The van der Waals surface area contributed by atoms with Gasteiger partial charge in [0.05, 0.1) is 5.02 Å². The topological polar surface area (TPSA) is 57.7 Å². The van der Waals surface area contributed by atoms with E-state index in [9.17, 15) is 18.8 Å². The minimum atomic E-state index is -0.469. The van der Waals surface area contributed by atoms with Crippen molar-refractivity contribution in [3.63, 3.8) is 0 Å². The number of carbonyl (C=O) groups excluding carboxylic acids is 3. The van der Waals surface area contributed by atoms with E-state index < -0.39 is 5.82 Å². The summed E-state index contributed by atoms with van der Waals surface area (Å²) in [5, 5.41) is 0.0592. The fourth-order valence-corrected chi connectivity index (χ4v) is 3.28. The molecule has 2 heterocycles. The van der Waals surface area contributed by atoms with Crippen LogP contribution in [0.3, 0.4) is 0 Å². The number of benzene rings is 1. The van der Waals surface area contributed by atoms with Crippen LogP contribution in [0.15, 0.2) is 18.2 Å². The van der Waals surface area contributed by atoms with Crippen LogP contribution in [0.2, 0.25) is 5.02 Å². The third kappa shape index (κ3) is 3.59. The molecule has 0 aliphatic carbocycles. The normalized spacial score (nSPS) is 18.2. The van der Waals surface area contributed by atoms with Gasteiger partial charge in [0.15, 0.2) is 0 Å². The molecular weight excluding hydrogens is 335 g/mol. The average Bonchev–Trinajstić information content (AvgIpc) is 2.82. The Morgan fingerprint density at radius 3 is 2.50 bits per heavy atom. The van der Waals surface area contributed by atoms with E-state index in [0.717, 1.165) is 5.56 Å². The largest absolute Gasteiger partial charge is 0.342 e. The molecule has 0 spiro atoms. The van der Waals surface area contributed by atoms with Crippen molar-refractivity contribution in [3.05, 3.63) is 34.6 Å².